The molecule has 2 aromatic rings. The van der Waals surface area contributed by atoms with Crippen LogP contribution in [0.15, 0.2) is 17.8 Å². The monoisotopic (exact) mass is 459 g/mol. The van der Waals surface area contributed by atoms with Crippen LogP contribution >= 0.6 is 11.3 Å². The lowest BCUT2D eigenvalue weighted by Gasteiger charge is -2.40. The van der Waals surface area contributed by atoms with Crippen LogP contribution in [0, 0.1) is 11.3 Å². The summed E-state index contributed by atoms with van der Waals surface area (Å²) in [7, 11) is 1.83. The lowest BCUT2D eigenvalue weighted by atomic mass is 9.67. The number of carbonyl (C=O) groups is 3. The van der Waals surface area contributed by atoms with Gasteiger partial charge in [0.1, 0.15) is 23.7 Å². The van der Waals surface area contributed by atoms with Gasteiger partial charge >= 0.3 is 12.0 Å². The van der Waals surface area contributed by atoms with Gasteiger partial charge in [-0.05, 0) is 37.0 Å². The van der Waals surface area contributed by atoms with E-state index in [1.165, 1.54) is 11.3 Å². The molecule has 10 heteroatoms. The van der Waals surface area contributed by atoms with Gasteiger partial charge < -0.3 is 10.1 Å². The Morgan fingerprint density at radius 1 is 1.31 bits per heavy atom. The second-order valence-electron chi connectivity index (χ2n) is 9.75. The zero-order chi connectivity index (χ0) is 23.1. The molecule has 1 N–H and O–H groups in total. The molecule has 2 aromatic heterocycles. The molecule has 1 saturated heterocycles. The number of ether oxygens (including phenoxy) is 1. The maximum atomic E-state index is 13.0. The summed E-state index contributed by atoms with van der Waals surface area (Å²) in [6.07, 6.45) is 6.52. The number of urea groups is 1. The first-order chi connectivity index (χ1) is 15.1. The number of aryl methyl sites for hydroxylation is 1. The van der Waals surface area contributed by atoms with E-state index >= 15 is 0 Å². The highest BCUT2D eigenvalue weighted by molar-refractivity contribution is 7.13. The Hall–Kier alpha value is -2.75. The molecule has 2 aliphatic rings. The van der Waals surface area contributed by atoms with Crippen molar-refractivity contribution < 1.29 is 19.1 Å². The first kappa shape index (κ1) is 22.4. The smallest absolute Gasteiger partial charge is 0.326 e. The zero-order valence-corrected chi connectivity index (χ0v) is 19.7. The Morgan fingerprint density at radius 3 is 2.66 bits per heavy atom. The van der Waals surface area contributed by atoms with Gasteiger partial charge in [0.05, 0.1) is 11.9 Å². The van der Waals surface area contributed by atoms with E-state index in [1.807, 2.05) is 18.6 Å². The van der Waals surface area contributed by atoms with Crippen LogP contribution in [0.5, 0.6) is 0 Å². The lowest BCUT2D eigenvalue weighted by molar-refractivity contribution is -0.149. The van der Waals surface area contributed by atoms with Crippen LogP contribution in [-0.2, 0) is 28.0 Å². The van der Waals surface area contributed by atoms with Gasteiger partial charge in [0.25, 0.3) is 5.91 Å². The van der Waals surface area contributed by atoms with Gasteiger partial charge in [0, 0.05) is 24.2 Å². The molecule has 1 aliphatic carbocycles. The number of thiazole rings is 1. The standard InChI is InChI=1S/C22H29N5O4S/c1-21(2,3)15-5-7-22(8-6-15)19(29)27(20(30)25-22)11-17(28)31-12-16-13-32-18(24-16)14-9-23-26(4)10-14/h9-10,13,15H,5-8,11-12H2,1-4H3,(H,25,30). The molecule has 9 nitrogen and oxygen atoms in total. The van der Waals surface area contributed by atoms with Crippen LogP contribution in [0.1, 0.15) is 52.1 Å². The summed E-state index contributed by atoms with van der Waals surface area (Å²) in [6, 6.07) is -0.520. The van der Waals surface area contributed by atoms with Crippen LogP contribution in [0.25, 0.3) is 10.6 Å². The van der Waals surface area contributed by atoms with Gasteiger partial charge in [-0.15, -0.1) is 11.3 Å². The van der Waals surface area contributed by atoms with Crippen molar-refractivity contribution in [1.29, 1.82) is 0 Å². The van der Waals surface area contributed by atoms with E-state index < -0.39 is 24.1 Å². The van der Waals surface area contributed by atoms with Crippen molar-refractivity contribution in [2.75, 3.05) is 6.54 Å². The minimum Gasteiger partial charge on any atom is -0.458 e. The molecule has 3 amide bonds. The average Bonchev–Trinajstić information content (AvgIpc) is 3.42. The summed E-state index contributed by atoms with van der Waals surface area (Å²) in [5, 5.41) is 9.57. The number of imide groups is 1. The van der Waals surface area contributed by atoms with E-state index in [0.29, 0.717) is 24.5 Å². The molecule has 4 rings (SSSR count). The molecule has 0 aromatic carbocycles. The third-order valence-electron chi connectivity index (χ3n) is 6.48. The number of hydrogen-bond acceptors (Lipinski definition) is 7. The molecule has 1 spiro atoms. The Kier molecular flexibility index (Phi) is 5.83. The number of nitrogens with one attached hydrogen (secondary N) is 1. The first-order valence-corrected chi connectivity index (χ1v) is 11.7. The Balaban J connectivity index is 1.31. The second-order valence-corrected chi connectivity index (χ2v) is 10.6. The van der Waals surface area contributed by atoms with Gasteiger partial charge in [-0.2, -0.15) is 5.10 Å². The van der Waals surface area contributed by atoms with Crippen molar-refractivity contribution in [2.24, 2.45) is 18.4 Å². The Morgan fingerprint density at radius 2 is 2.03 bits per heavy atom. The summed E-state index contributed by atoms with van der Waals surface area (Å²) in [5.74, 6) is -0.448. The van der Waals surface area contributed by atoms with Crippen molar-refractivity contribution in [3.05, 3.63) is 23.5 Å². The van der Waals surface area contributed by atoms with Crippen molar-refractivity contribution in [3.8, 4) is 10.6 Å². The number of aromatic nitrogens is 3. The highest BCUT2D eigenvalue weighted by Gasteiger charge is 2.53. The van der Waals surface area contributed by atoms with Crippen LogP contribution in [0.3, 0.4) is 0 Å². The molecular weight excluding hydrogens is 430 g/mol. The lowest BCUT2D eigenvalue weighted by Crippen LogP contribution is -2.50. The highest BCUT2D eigenvalue weighted by Crippen LogP contribution is 2.43. The summed E-state index contributed by atoms with van der Waals surface area (Å²) >= 11 is 1.43. The van der Waals surface area contributed by atoms with Crippen LogP contribution in [0.2, 0.25) is 0 Å². The number of amides is 3. The van der Waals surface area contributed by atoms with Crippen LogP contribution in [-0.4, -0.2) is 49.7 Å². The molecule has 3 heterocycles. The largest absolute Gasteiger partial charge is 0.458 e. The zero-order valence-electron chi connectivity index (χ0n) is 18.9. The van der Waals surface area contributed by atoms with E-state index in [4.69, 9.17) is 4.74 Å². The van der Waals surface area contributed by atoms with Crippen molar-refractivity contribution in [2.45, 2.75) is 58.6 Å². The summed E-state index contributed by atoms with van der Waals surface area (Å²) in [5.41, 5.74) is 0.785. The van der Waals surface area contributed by atoms with Crippen molar-refractivity contribution in [1.82, 2.24) is 25.0 Å². The summed E-state index contributed by atoms with van der Waals surface area (Å²) in [4.78, 5) is 43.3. The number of esters is 1. The third kappa shape index (κ3) is 4.41. The van der Waals surface area contributed by atoms with E-state index in [0.717, 1.165) is 28.3 Å². The molecule has 0 unspecified atom stereocenters. The van der Waals surface area contributed by atoms with Gasteiger partial charge in [-0.25, -0.2) is 9.78 Å². The normalized spacial score (nSPS) is 23.6. The third-order valence-corrected chi connectivity index (χ3v) is 7.42. The van der Waals surface area contributed by atoms with Gasteiger partial charge in [0.15, 0.2) is 0 Å². The molecule has 1 aliphatic heterocycles. The predicted molar refractivity (Wildman–Crippen MR) is 119 cm³/mol. The molecular formula is C22H29N5O4S. The minimum absolute atomic E-state index is 0.0162. The highest BCUT2D eigenvalue weighted by atomic mass is 32.1. The number of carbonyl (C=O) groups excluding carboxylic acids is 3. The van der Waals surface area contributed by atoms with E-state index in [1.54, 1.807) is 10.9 Å². The van der Waals surface area contributed by atoms with E-state index in [2.05, 4.69) is 36.2 Å². The summed E-state index contributed by atoms with van der Waals surface area (Å²) in [6.45, 7) is 6.20. The molecule has 32 heavy (non-hydrogen) atoms. The summed E-state index contributed by atoms with van der Waals surface area (Å²) < 4.78 is 6.98. The molecule has 0 atom stereocenters. The average molecular weight is 460 g/mol. The first-order valence-electron chi connectivity index (χ1n) is 10.8. The molecule has 1 saturated carbocycles. The number of nitrogens with zero attached hydrogens (tertiary/aromatic N) is 4. The predicted octanol–water partition coefficient (Wildman–Crippen LogP) is 3.11. The Labute approximate surface area is 191 Å². The Bertz CT molecular complexity index is 1030. The second kappa shape index (κ2) is 8.31. The SMILES string of the molecule is Cn1cc(-c2nc(COC(=O)CN3C(=O)NC4(CCC(C(C)(C)C)CC4)C3=O)cs2)cn1. The van der Waals surface area contributed by atoms with Crippen molar-refractivity contribution in [3.63, 3.8) is 0 Å². The van der Waals surface area contributed by atoms with Crippen LogP contribution in [0.4, 0.5) is 4.79 Å². The quantitative estimate of drug-likeness (QED) is 0.544. The molecule has 2 fully saturated rings. The molecule has 0 bridgehead atoms. The van der Waals surface area contributed by atoms with Gasteiger partial charge in [-0.1, -0.05) is 20.8 Å². The number of hydrogen-bond donors (Lipinski definition) is 1. The fraction of sp³-hybridized carbons (Fsp3) is 0.591. The van der Waals surface area contributed by atoms with Crippen molar-refractivity contribution >= 4 is 29.2 Å². The van der Waals surface area contributed by atoms with E-state index in [-0.39, 0.29) is 17.9 Å². The molecule has 0 radical (unpaired) electrons. The van der Waals surface area contributed by atoms with Gasteiger partial charge in [-0.3, -0.25) is 19.2 Å². The van der Waals surface area contributed by atoms with Gasteiger partial charge in [0.2, 0.25) is 0 Å². The van der Waals surface area contributed by atoms with Crippen LogP contribution < -0.4 is 5.32 Å². The topological polar surface area (TPSA) is 106 Å². The fourth-order valence-electron chi connectivity index (χ4n) is 4.50. The maximum absolute atomic E-state index is 13.0. The van der Waals surface area contributed by atoms with E-state index in [9.17, 15) is 14.4 Å². The molecule has 172 valence electrons. The minimum atomic E-state index is -0.882. The fourth-order valence-corrected chi connectivity index (χ4v) is 5.28. The maximum Gasteiger partial charge on any atom is 0.326 e. The number of rotatable bonds is 5.